The highest BCUT2D eigenvalue weighted by Gasteiger charge is 2.27. The maximum atomic E-state index is 12.3. The fourth-order valence-electron chi connectivity index (χ4n) is 3.36. The molecule has 1 atom stereocenters. The van der Waals surface area contributed by atoms with E-state index < -0.39 is 0 Å². The molecule has 0 spiro atoms. The molecule has 6 nitrogen and oxygen atoms in total. The highest BCUT2D eigenvalue weighted by Crippen LogP contribution is 2.18. The third-order valence-electron chi connectivity index (χ3n) is 5.06. The van der Waals surface area contributed by atoms with Gasteiger partial charge in [0.2, 0.25) is 5.91 Å². The van der Waals surface area contributed by atoms with E-state index in [1.807, 2.05) is 0 Å². The van der Waals surface area contributed by atoms with Gasteiger partial charge in [0.15, 0.2) is 0 Å². The molecule has 1 aliphatic heterocycles. The van der Waals surface area contributed by atoms with Crippen molar-refractivity contribution >= 4 is 16.9 Å². The van der Waals surface area contributed by atoms with Crippen LogP contribution in [0.25, 0.3) is 11.0 Å². The first-order valence-corrected chi connectivity index (χ1v) is 9.01. The Labute approximate surface area is 149 Å². The lowest BCUT2D eigenvalue weighted by atomic mass is 10.1. The molecule has 0 radical (unpaired) electrons. The van der Waals surface area contributed by atoms with Gasteiger partial charge in [-0.05, 0) is 50.1 Å². The number of rotatable bonds is 7. The van der Waals surface area contributed by atoms with Crippen LogP contribution in [-0.4, -0.2) is 60.7 Å². The Hall–Kier alpha value is -1.92. The van der Waals surface area contributed by atoms with Gasteiger partial charge in [-0.3, -0.25) is 4.79 Å². The van der Waals surface area contributed by atoms with Gasteiger partial charge in [-0.25, -0.2) is 4.98 Å². The van der Waals surface area contributed by atoms with Gasteiger partial charge >= 0.3 is 0 Å². The molecule has 0 unspecified atom stereocenters. The fourth-order valence-corrected chi connectivity index (χ4v) is 3.36. The number of nitrogens with zero attached hydrogens (tertiary/aromatic N) is 2. The zero-order valence-corrected chi connectivity index (χ0v) is 15.4. The number of hydrogen-bond donors (Lipinski definition) is 2. The summed E-state index contributed by atoms with van der Waals surface area (Å²) in [6.45, 7) is 8.25. The number of aryl methyl sites for hydroxylation is 2. The molecule has 0 saturated carbocycles. The van der Waals surface area contributed by atoms with Gasteiger partial charge in [-0.1, -0.05) is 0 Å². The Kier molecular flexibility index (Phi) is 5.71. The Morgan fingerprint density at radius 2 is 2.20 bits per heavy atom. The maximum Gasteiger partial charge on any atom is 0.224 e. The molecule has 6 heteroatoms. The van der Waals surface area contributed by atoms with Crippen molar-refractivity contribution in [3.05, 3.63) is 29.1 Å². The molecular formula is C19H28N4O2. The van der Waals surface area contributed by atoms with Gasteiger partial charge in [0, 0.05) is 33.2 Å². The zero-order chi connectivity index (χ0) is 17.8. The Morgan fingerprint density at radius 3 is 3.00 bits per heavy atom. The van der Waals surface area contributed by atoms with E-state index in [-0.39, 0.29) is 11.8 Å². The number of carbonyl (C=O) groups is 1. The van der Waals surface area contributed by atoms with Crippen molar-refractivity contribution in [2.24, 2.45) is 5.92 Å². The predicted molar refractivity (Wildman–Crippen MR) is 98.7 cm³/mol. The number of nitrogens with one attached hydrogen (secondary N) is 2. The molecule has 136 valence electrons. The van der Waals surface area contributed by atoms with E-state index in [1.54, 1.807) is 7.11 Å². The fraction of sp³-hybridized carbons (Fsp3) is 0.579. The van der Waals surface area contributed by atoms with Crippen LogP contribution in [0.1, 0.15) is 23.4 Å². The Bertz CT molecular complexity index is 701. The normalized spacial score (nSPS) is 18.1. The van der Waals surface area contributed by atoms with E-state index in [1.165, 1.54) is 11.1 Å². The van der Waals surface area contributed by atoms with Crippen LogP contribution in [0.4, 0.5) is 0 Å². The summed E-state index contributed by atoms with van der Waals surface area (Å²) in [6, 6.07) is 4.24. The van der Waals surface area contributed by atoms with Crippen molar-refractivity contribution in [3.8, 4) is 0 Å². The smallest absolute Gasteiger partial charge is 0.224 e. The van der Waals surface area contributed by atoms with Crippen molar-refractivity contribution in [2.45, 2.75) is 26.7 Å². The molecule has 1 aromatic carbocycles. The monoisotopic (exact) mass is 344 g/mol. The number of hydrogen-bond acceptors (Lipinski definition) is 4. The third-order valence-corrected chi connectivity index (χ3v) is 5.06. The number of aromatic nitrogens is 2. The van der Waals surface area contributed by atoms with Crippen LogP contribution in [0.3, 0.4) is 0 Å². The molecule has 2 aromatic rings. The molecule has 0 bridgehead atoms. The number of amides is 1. The number of ether oxygens (including phenoxy) is 1. The van der Waals surface area contributed by atoms with Crippen LogP contribution < -0.4 is 5.32 Å². The number of likely N-dealkylation sites (tertiary alicyclic amines) is 1. The first-order valence-electron chi connectivity index (χ1n) is 9.01. The number of carbonyl (C=O) groups excluding carboxylic acids is 1. The third kappa shape index (κ3) is 4.38. The topological polar surface area (TPSA) is 70.2 Å². The van der Waals surface area contributed by atoms with E-state index >= 15 is 0 Å². The van der Waals surface area contributed by atoms with Crippen LogP contribution in [0.5, 0.6) is 0 Å². The predicted octanol–water partition coefficient (Wildman–Crippen LogP) is 1.81. The van der Waals surface area contributed by atoms with Gasteiger partial charge in [-0.15, -0.1) is 0 Å². The lowest BCUT2D eigenvalue weighted by Crippen LogP contribution is -2.34. The summed E-state index contributed by atoms with van der Waals surface area (Å²) in [7, 11) is 1.71. The van der Waals surface area contributed by atoms with Crippen molar-refractivity contribution in [1.29, 1.82) is 0 Å². The zero-order valence-electron chi connectivity index (χ0n) is 15.4. The number of aromatic amines is 1. The Morgan fingerprint density at radius 1 is 1.40 bits per heavy atom. The highest BCUT2D eigenvalue weighted by atomic mass is 16.5. The summed E-state index contributed by atoms with van der Waals surface area (Å²) in [4.78, 5) is 22.6. The highest BCUT2D eigenvalue weighted by molar-refractivity contribution is 5.79. The van der Waals surface area contributed by atoms with Gasteiger partial charge in [0.1, 0.15) is 5.82 Å². The second kappa shape index (κ2) is 7.97. The van der Waals surface area contributed by atoms with Crippen molar-refractivity contribution in [1.82, 2.24) is 20.2 Å². The van der Waals surface area contributed by atoms with E-state index in [2.05, 4.69) is 46.2 Å². The molecule has 1 aromatic heterocycles. The van der Waals surface area contributed by atoms with Crippen molar-refractivity contribution < 1.29 is 9.53 Å². The van der Waals surface area contributed by atoms with E-state index in [0.717, 1.165) is 55.9 Å². The SMILES string of the molecule is COCCN1CC[C@@H](C(=O)NCCc2nc3cc(C)c(C)cc3[nH]2)C1. The average molecular weight is 344 g/mol. The van der Waals surface area contributed by atoms with Crippen LogP contribution in [0.2, 0.25) is 0 Å². The molecular weight excluding hydrogens is 316 g/mol. The molecule has 1 fully saturated rings. The number of methoxy groups -OCH3 is 1. The van der Waals surface area contributed by atoms with Crippen LogP contribution in [0.15, 0.2) is 12.1 Å². The maximum absolute atomic E-state index is 12.3. The molecule has 2 N–H and O–H groups in total. The lowest BCUT2D eigenvalue weighted by Gasteiger charge is -2.15. The van der Waals surface area contributed by atoms with Gasteiger partial charge in [-0.2, -0.15) is 0 Å². The van der Waals surface area contributed by atoms with E-state index in [0.29, 0.717) is 6.54 Å². The molecule has 2 heterocycles. The molecule has 3 rings (SSSR count). The summed E-state index contributed by atoms with van der Waals surface area (Å²) in [5.41, 5.74) is 4.57. The molecule has 1 amide bonds. The average Bonchev–Trinajstić information content (AvgIpc) is 3.20. The summed E-state index contributed by atoms with van der Waals surface area (Å²) in [5.74, 6) is 1.17. The number of fused-ring (bicyclic) bond motifs is 1. The number of H-pyrrole nitrogens is 1. The second-order valence-electron chi connectivity index (χ2n) is 6.96. The van der Waals surface area contributed by atoms with Crippen LogP contribution in [-0.2, 0) is 16.0 Å². The minimum absolute atomic E-state index is 0.0952. The first-order chi connectivity index (χ1) is 12.1. The summed E-state index contributed by atoms with van der Waals surface area (Å²) >= 11 is 0. The van der Waals surface area contributed by atoms with E-state index in [4.69, 9.17) is 4.74 Å². The van der Waals surface area contributed by atoms with Crippen molar-refractivity contribution in [2.75, 3.05) is 39.9 Å². The van der Waals surface area contributed by atoms with Crippen molar-refractivity contribution in [3.63, 3.8) is 0 Å². The van der Waals surface area contributed by atoms with Crippen LogP contribution in [0, 0.1) is 19.8 Å². The molecule has 1 aliphatic rings. The lowest BCUT2D eigenvalue weighted by molar-refractivity contribution is -0.124. The standard InChI is InChI=1S/C19H28N4O2/c1-13-10-16-17(11-14(13)2)22-18(21-16)4-6-20-19(24)15-5-7-23(12-15)8-9-25-3/h10-11,15H,4-9,12H2,1-3H3,(H,20,24)(H,21,22)/t15-/m1/s1. The molecule has 0 aliphatic carbocycles. The minimum Gasteiger partial charge on any atom is -0.383 e. The molecule has 25 heavy (non-hydrogen) atoms. The number of benzene rings is 1. The van der Waals surface area contributed by atoms with Crippen LogP contribution >= 0.6 is 0 Å². The summed E-state index contributed by atoms with van der Waals surface area (Å²) in [6.07, 6.45) is 1.65. The summed E-state index contributed by atoms with van der Waals surface area (Å²) < 4.78 is 5.10. The van der Waals surface area contributed by atoms with Gasteiger partial charge in [0.25, 0.3) is 0 Å². The quantitative estimate of drug-likeness (QED) is 0.804. The summed E-state index contributed by atoms with van der Waals surface area (Å²) in [5, 5.41) is 3.06. The molecule has 1 saturated heterocycles. The van der Waals surface area contributed by atoms with Gasteiger partial charge < -0.3 is 19.9 Å². The van der Waals surface area contributed by atoms with E-state index in [9.17, 15) is 4.79 Å². The largest absolute Gasteiger partial charge is 0.383 e. The first kappa shape index (κ1) is 17.9. The Balaban J connectivity index is 1.47. The second-order valence-corrected chi connectivity index (χ2v) is 6.96. The van der Waals surface area contributed by atoms with Gasteiger partial charge in [0.05, 0.1) is 23.6 Å². The number of imidazole rings is 1. The minimum atomic E-state index is 0.0952.